The van der Waals surface area contributed by atoms with Crippen molar-refractivity contribution < 1.29 is 83.3 Å². The standard InChI is InChI=1S/C29H32O17/c1-40-26(38)23-17(34)16(33)20(37)28(44-23)46-25-19(36)18(35)24(27(39)41-2)45-29(25)43-22-15(32)13-8-7-12(31)9-14(13)42-21(22)10-3-5-11(30)6-4-10/h3-9,16-25,28-31,33-37H,1-2H3. The van der Waals surface area contributed by atoms with Crippen molar-refractivity contribution in [3.8, 4) is 17.2 Å². The van der Waals surface area contributed by atoms with Gasteiger partial charge < -0.3 is 68.9 Å². The van der Waals surface area contributed by atoms with Crippen LogP contribution in [0, 0.1) is 0 Å². The molecule has 17 nitrogen and oxygen atoms in total. The molecule has 2 fully saturated rings. The molecule has 3 aliphatic heterocycles. The minimum absolute atomic E-state index is 0.0108. The van der Waals surface area contributed by atoms with E-state index in [9.17, 15) is 50.1 Å². The van der Waals surface area contributed by atoms with E-state index in [0.29, 0.717) is 5.56 Å². The molecule has 3 heterocycles. The highest BCUT2D eigenvalue weighted by atomic mass is 16.8. The molecule has 2 saturated heterocycles. The van der Waals surface area contributed by atoms with Gasteiger partial charge in [0, 0.05) is 6.07 Å². The Labute approximate surface area is 260 Å². The van der Waals surface area contributed by atoms with E-state index in [-0.39, 0.29) is 22.8 Å². The van der Waals surface area contributed by atoms with Crippen molar-refractivity contribution in [3.05, 3.63) is 53.6 Å². The molecule has 12 atom stereocenters. The smallest absolute Gasteiger partial charge is 0.337 e. The van der Waals surface area contributed by atoms with E-state index in [1.807, 2.05) is 0 Å². The summed E-state index contributed by atoms with van der Waals surface area (Å²) in [6.45, 7) is 0. The summed E-state index contributed by atoms with van der Waals surface area (Å²) in [5.74, 6) is -3.32. The molecule has 0 aliphatic carbocycles. The van der Waals surface area contributed by atoms with Gasteiger partial charge in [-0.3, -0.25) is 4.79 Å². The van der Waals surface area contributed by atoms with Crippen molar-refractivity contribution in [3.63, 3.8) is 0 Å². The number of methoxy groups -OCH3 is 2. The van der Waals surface area contributed by atoms with Crippen LogP contribution in [-0.2, 0) is 38.0 Å². The van der Waals surface area contributed by atoms with Crippen LogP contribution in [0.4, 0.5) is 0 Å². The molecule has 0 spiro atoms. The van der Waals surface area contributed by atoms with Gasteiger partial charge in [0.25, 0.3) is 0 Å². The number of phenolic OH excluding ortho intramolecular Hbond substituents is 2. The highest BCUT2D eigenvalue weighted by molar-refractivity contribution is 6.03. The van der Waals surface area contributed by atoms with Crippen molar-refractivity contribution >= 4 is 17.7 Å². The number of carbonyl (C=O) groups is 3. The SMILES string of the molecule is COC(=O)C1OC(OC2C(OC3C(=O)c4ccc(O)cc4OC3c3ccc(O)cc3)OC(C(=O)OC)C(O)C2O)C(O)C(O)C1O. The van der Waals surface area contributed by atoms with E-state index < -0.39 is 91.3 Å². The summed E-state index contributed by atoms with van der Waals surface area (Å²) in [6, 6.07) is 9.18. The summed E-state index contributed by atoms with van der Waals surface area (Å²) in [6.07, 6.45) is -22.6. The lowest BCUT2D eigenvalue weighted by molar-refractivity contribution is -0.364. The quantitative estimate of drug-likeness (QED) is 0.156. The average molecular weight is 653 g/mol. The van der Waals surface area contributed by atoms with Gasteiger partial charge >= 0.3 is 11.9 Å². The van der Waals surface area contributed by atoms with Crippen LogP contribution >= 0.6 is 0 Å². The maximum atomic E-state index is 13.8. The Morgan fingerprint density at radius 1 is 0.696 bits per heavy atom. The third-order valence-corrected chi connectivity index (χ3v) is 7.79. The topological polar surface area (TPSA) is 257 Å². The second kappa shape index (κ2) is 13.4. The molecule has 12 unspecified atom stereocenters. The zero-order valence-electron chi connectivity index (χ0n) is 24.2. The summed E-state index contributed by atoms with van der Waals surface area (Å²) in [5.41, 5.74) is 0.271. The second-order valence-corrected chi connectivity index (χ2v) is 10.7. The first-order chi connectivity index (χ1) is 21.9. The zero-order valence-corrected chi connectivity index (χ0v) is 24.2. The maximum Gasteiger partial charge on any atom is 0.337 e. The Balaban J connectivity index is 1.52. The molecule has 0 saturated carbocycles. The first kappa shape index (κ1) is 33.5. The molecule has 0 radical (unpaired) electrons. The van der Waals surface area contributed by atoms with Crippen molar-refractivity contribution in [1.29, 1.82) is 0 Å². The van der Waals surface area contributed by atoms with Crippen molar-refractivity contribution in [2.75, 3.05) is 14.2 Å². The molecular weight excluding hydrogens is 620 g/mol. The fraction of sp³-hybridized carbons (Fsp3) is 0.483. The highest BCUT2D eigenvalue weighted by Gasteiger charge is 2.55. The van der Waals surface area contributed by atoms with Crippen molar-refractivity contribution in [2.24, 2.45) is 0 Å². The molecule has 5 rings (SSSR count). The molecular formula is C29H32O17. The van der Waals surface area contributed by atoms with Crippen LogP contribution in [0.3, 0.4) is 0 Å². The van der Waals surface area contributed by atoms with Gasteiger partial charge in [0.1, 0.15) is 53.9 Å². The van der Waals surface area contributed by atoms with Crippen LogP contribution in [0.1, 0.15) is 22.0 Å². The van der Waals surface area contributed by atoms with E-state index in [2.05, 4.69) is 9.47 Å². The van der Waals surface area contributed by atoms with Crippen LogP contribution in [0.5, 0.6) is 17.2 Å². The van der Waals surface area contributed by atoms with Crippen LogP contribution < -0.4 is 4.74 Å². The minimum atomic E-state index is -2.07. The molecule has 2 aromatic rings. The summed E-state index contributed by atoms with van der Waals surface area (Å²) in [5, 5.41) is 72.9. The highest BCUT2D eigenvalue weighted by Crippen LogP contribution is 2.41. The summed E-state index contributed by atoms with van der Waals surface area (Å²) in [4.78, 5) is 38.5. The number of aliphatic hydroxyl groups excluding tert-OH is 5. The predicted molar refractivity (Wildman–Crippen MR) is 145 cm³/mol. The number of ether oxygens (including phenoxy) is 7. The lowest BCUT2D eigenvalue weighted by Crippen LogP contribution is -2.66. The molecule has 0 bridgehead atoms. The summed E-state index contributed by atoms with van der Waals surface area (Å²) < 4.78 is 38.0. The molecule has 0 aromatic heterocycles. The first-order valence-electron chi connectivity index (χ1n) is 13.9. The molecule has 7 N–H and O–H groups in total. The molecule has 250 valence electrons. The number of aromatic hydroxyl groups is 2. The van der Waals surface area contributed by atoms with Crippen LogP contribution in [-0.4, -0.2) is 135 Å². The van der Waals surface area contributed by atoms with Gasteiger partial charge in [0.15, 0.2) is 42.8 Å². The minimum Gasteiger partial charge on any atom is -0.508 e. The van der Waals surface area contributed by atoms with E-state index in [1.54, 1.807) is 0 Å². The van der Waals surface area contributed by atoms with E-state index in [0.717, 1.165) is 14.2 Å². The fourth-order valence-corrected chi connectivity index (χ4v) is 5.31. The van der Waals surface area contributed by atoms with E-state index in [4.69, 9.17) is 23.7 Å². The Hall–Kier alpha value is -3.91. The Bertz CT molecular complexity index is 1430. The van der Waals surface area contributed by atoms with Gasteiger partial charge in [-0.15, -0.1) is 0 Å². The summed E-state index contributed by atoms with van der Waals surface area (Å²) in [7, 11) is 1.96. The monoisotopic (exact) mass is 652 g/mol. The number of carbonyl (C=O) groups excluding carboxylic acids is 3. The number of phenols is 2. The third-order valence-electron chi connectivity index (χ3n) is 7.79. The van der Waals surface area contributed by atoms with Gasteiger partial charge in [0.2, 0.25) is 0 Å². The number of esters is 2. The predicted octanol–water partition coefficient (Wildman–Crippen LogP) is -2.22. The number of fused-ring (bicyclic) bond motifs is 1. The third kappa shape index (κ3) is 6.24. The molecule has 0 amide bonds. The number of aliphatic hydroxyl groups is 5. The van der Waals surface area contributed by atoms with Gasteiger partial charge in [-0.2, -0.15) is 0 Å². The largest absolute Gasteiger partial charge is 0.508 e. The first-order valence-corrected chi connectivity index (χ1v) is 13.9. The number of ketones is 1. The van der Waals surface area contributed by atoms with E-state index in [1.165, 1.54) is 42.5 Å². The van der Waals surface area contributed by atoms with Gasteiger partial charge in [-0.05, 0) is 29.8 Å². The van der Waals surface area contributed by atoms with Crippen molar-refractivity contribution in [2.45, 2.75) is 73.6 Å². The van der Waals surface area contributed by atoms with E-state index >= 15 is 0 Å². The average Bonchev–Trinajstić information content (AvgIpc) is 3.04. The Morgan fingerprint density at radius 2 is 1.26 bits per heavy atom. The second-order valence-electron chi connectivity index (χ2n) is 10.7. The number of hydrogen-bond acceptors (Lipinski definition) is 17. The molecule has 17 heteroatoms. The van der Waals surface area contributed by atoms with Gasteiger partial charge in [0.05, 0.1) is 19.8 Å². The zero-order chi connectivity index (χ0) is 33.4. The number of hydrogen-bond donors (Lipinski definition) is 7. The van der Waals surface area contributed by atoms with Gasteiger partial charge in [-0.1, -0.05) is 12.1 Å². The number of Topliss-reactive ketones (excluding diaryl/α,β-unsaturated/α-hetero) is 1. The number of benzene rings is 2. The summed E-state index contributed by atoms with van der Waals surface area (Å²) >= 11 is 0. The van der Waals surface area contributed by atoms with Gasteiger partial charge in [-0.25, -0.2) is 9.59 Å². The normalized spacial score (nSPS) is 35.8. The molecule has 3 aliphatic rings. The lowest BCUT2D eigenvalue weighted by atomic mass is 9.92. The Morgan fingerprint density at radius 3 is 1.87 bits per heavy atom. The molecule has 2 aromatic carbocycles. The van der Waals surface area contributed by atoms with Crippen LogP contribution in [0.25, 0.3) is 0 Å². The molecule has 46 heavy (non-hydrogen) atoms. The van der Waals surface area contributed by atoms with Crippen LogP contribution in [0.2, 0.25) is 0 Å². The fourth-order valence-electron chi connectivity index (χ4n) is 5.31. The maximum absolute atomic E-state index is 13.8. The van der Waals surface area contributed by atoms with Crippen LogP contribution in [0.15, 0.2) is 42.5 Å². The Kier molecular flexibility index (Phi) is 9.78. The van der Waals surface area contributed by atoms with Crippen molar-refractivity contribution in [1.82, 2.24) is 0 Å². The lowest BCUT2D eigenvalue weighted by Gasteiger charge is -2.46. The number of rotatable bonds is 7.